The van der Waals surface area contributed by atoms with Crippen LogP contribution in [0, 0.1) is 0 Å². The van der Waals surface area contributed by atoms with Crippen LogP contribution in [0.2, 0.25) is 0 Å². The fourth-order valence-corrected chi connectivity index (χ4v) is 4.09. The molecule has 1 aromatic carbocycles. The Kier molecular flexibility index (Phi) is 6.44. The van der Waals surface area contributed by atoms with Gasteiger partial charge in [0.15, 0.2) is 0 Å². The van der Waals surface area contributed by atoms with Gasteiger partial charge in [0.1, 0.15) is 0 Å². The average molecular weight is 376 g/mol. The predicted octanol–water partition coefficient (Wildman–Crippen LogP) is 1.50. The third kappa shape index (κ3) is 8.91. The number of carbonyl (C=O) groups is 1. The summed E-state index contributed by atoms with van der Waals surface area (Å²) in [5.74, 6) is -0.236. The van der Waals surface area contributed by atoms with Crippen LogP contribution < -0.4 is 4.35 Å². The number of aryl methyl sites for hydroxylation is 1. The first-order valence-corrected chi connectivity index (χ1v) is 10.3. The molecule has 0 fully saturated rings. The zero-order chi connectivity index (χ0) is 16.1. The van der Waals surface area contributed by atoms with Crippen LogP contribution in [0.3, 0.4) is 0 Å². The van der Waals surface area contributed by atoms with Gasteiger partial charge in [0.05, 0.1) is 0 Å². The summed E-state index contributed by atoms with van der Waals surface area (Å²) in [5.41, 5.74) is 0.522. The van der Waals surface area contributed by atoms with Crippen LogP contribution in [0.1, 0.15) is 32.8 Å². The minimum absolute atomic E-state index is 0.151. The predicted molar refractivity (Wildman–Crippen MR) is 84.2 cm³/mol. The van der Waals surface area contributed by atoms with Gasteiger partial charge in [-0.3, -0.25) is 0 Å². The van der Waals surface area contributed by atoms with Crippen LogP contribution in [0.15, 0.2) is 24.3 Å². The Morgan fingerprint density at radius 2 is 1.81 bits per heavy atom. The van der Waals surface area contributed by atoms with Crippen molar-refractivity contribution in [3.05, 3.63) is 29.8 Å². The van der Waals surface area contributed by atoms with Gasteiger partial charge in [-0.1, -0.05) is 0 Å². The van der Waals surface area contributed by atoms with Gasteiger partial charge in [-0.2, -0.15) is 0 Å². The molecule has 0 saturated carbocycles. The normalized spacial score (nSPS) is 12.8. The average Bonchev–Trinajstić information content (AvgIpc) is 2.27. The Labute approximate surface area is 132 Å². The first kappa shape index (κ1) is 18.2. The van der Waals surface area contributed by atoms with Crippen molar-refractivity contribution in [2.24, 2.45) is 0 Å². The zero-order valence-corrected chi connectivity index (χ0v) is 15.3. The summed E-state index contributed by atoms with van der Waals surface area (Å²) in [5, 5.41) is 0. The third-order valence-electron chi connectivity index (χ3n) is 2.47. The van der Waals surface area contributed by atoms with E-state index in [0.717, 1.165) is 9.91 Å². The SMILES string of the molecule is CC(C)(C)OC(=O)[AsH]c1ccc(CCCS(=O)(=O)O)cc1. The first-order chi connectivity index (χ1) is 9.55. The van der Waals surface area contributed by atoms with E-state index in [1.165, 1.54) is 0 Å². The monoisotopic (exact) mass is 376 g/mol. The van der Waals surface area contributed by atoms with E-state index < -0.39 is 31.5 Å². The Balaban J connectivity index is 2.49. The van der Waals surface area contributed by atoms with Crippen molar-refractivity contribution < 1.29 is 22.5 Å². The molecule has 1 atom stereocenters. The van der Waals surface area contributed by atoms with E-state index in [9.17, 15) is 13.2 Å². The molecule has 0 aromatic heterocycles. The Morgan fingerprint density at radius 1 is 1.24 bits per heavy atom. The van der Waals surface area contributed by atoms with E-state index in [-0.39, 0.29) is 10.5 Å². The van der Waals surface area contributed by atoms with Crippen LogP contribution >= 0.6 is 0 Å². The summed E-state index contributed by atoms with van der Waals surface area (Å²) in [7, 11) is -3.89. The number of hydrogen-bond acceptors (Lipinski definition) is 4. The summed E-state index contributed by atoms with van der Waals surface area (Å²) in [6.07, 6.45) is 0.951. The van der Waals surface area contributed by atoms with Gasteiger partial charge in [0.2, 0.25) is 0 Å². The van der Waals surface area contributed by atoms with E-state index in [1.54, 1.807) is 0 Å². The molecule has 118 valence electrons. The molecule has 5 nitrogen and oxygen atoms in total. The minimum atomic E-state index is -3.89. The van der Waals surface area contributed by atoms with E-state index in [1.807, 2.05) is 45.0 Å². The van der Waals surface area contributed by atoms with Crippen LogP contribution in [-0.2, 0) is 21.3 Å². The van der Waals surface area contributed by atoms with E-state index >= 15 is 0 Å². The molecule has 0 bridgehead atoms. The maximum atomic E-state index is 11.7. The summed E-state index contributed by atoms with van der Waals surface area (Å²) in [4.78, 5) is 11.7. The van der Waals surface area contributed by atoms with Crippen molar-refractivity contribution in [1.82, 2.24) is 0 Å². The van der Waals surface area contributed by atoms with Crippen molar-refractivity contribution in [1.29, 1.82) is 0 Å². The number of rotatable bonds is 6. The fourth-order valence-electron chi connectivity index (χ4n) is 1.63. The van der Waals surface area contributed by atoms with Gasteiger partial charge in [-0.25, -0.2) is 0 Å². The Morgan fingerprint density at radius 3 is 2.29 bits per heavy atom. The maximum absolute atomic E-state index is 11.7. The quantitative estimate of drug-likeness (QED) is 0.601. The number of benzene rings is 1. The molecule has 0 spiro atoms. The summed E-state index contributed by atoms with van der Waals surface area (Å²) < 4.78 is 36.0. The molecule has 1 aromatic rings. The van der Waals surface area contributed by atoms with E-state index in [4.69, 9.17) is 9.29 Å². The molecule has 0 aliphatic heterocycles. The summed E-state index contributed by atoms with van der Waals surface area (Å²) in [6, 6.07) is 7.53. The second-order valence-electron chi connectivity index (χ2n) is 5.71. The van der Waals surface area contributed by atoms with Gasteiger partial charge in [-0.05, 0) is 0 Å². The van der Waals surface area contributed by atoms with Crippen molar-refractivity contribution in [3.8, 4) is 0 Å². The third-order valence-corrected chi connectivity index (χ3v) is 5.22. The van der Waals surface area contributed by atoms with Crippen molar-refractivity contribution >= 4 is 35.0 Å². The van der Waals surface area contributed by atoms with Crippen LogP contribution in [-0.4, -0.2) is 44.8 Å². The van der Waals surface area contributed by atoms with Gasteiger partial charge in [-0.15, -0.1) is 0 Å². The standard InChI is InChI=1S/C14H21AsO5S/c1-14(2,3)20-13(16)15-12-8-6-11(7-9-12)5-4-10-21(17,18)19/h6-9,15H,4-5,10H2,1-3H3,(H,17,18,19). The van der Waals surface area contributed by atoms with E-state index in [2.05, 4.69) is 0 Å². The topological polar surface area (TPSA) is 80.7 Å². The number of hydrogen-bond donors (Lipinski definition) is 1. The van der Waals surface area contributed by atoms with Gasteiger partial charge in [0.25, 0.3) is 0 Å². The molecule has 7 heteroatoms. The molecular formula is C14H21AsO5S. The molecule has 1 rings (SSSR count). The molecule has 0 radical (unpaired) electrons. The molecule has 0 aliphatic rings. The fraction of sp³-hybridized carbons (Fsp3) is 0.500. The number of carbonyl (C=O) groups excluding carboxylic acids is 1. The first-order valence-electron chi connectivity index (χ1n) is 6.59. The molecule has 21 heavy (non-hydrogen) atoms. The summed E-state index contributed by atoms with van der Waals surface area (Å²) >= 11 is -0.988. The van der Waals surface area contributed by atoms with Crippen molar-refractivity contribution in [2.75, 3.05) is 5.75 Å². The van der Waals surface area contributed by atoms with Crippen LogP contribution in [0.5, 0.6) is 0 Å². The van der Waals surface area contributed by atoms with Gasteiger partial charge < -0.3 is 0 Å². The Bertz CT molecular complexity index is 572. The second-order valence-corrected chi connectivity index (χ2v) is 9.88. The van der Waals surface area contributed by atoms with Gasteiger partial charge >= 0.3 is 132 Å². The van der Waals surface area contributed by atoms with Gasteiger partial charge in [0, 0.05) is 0 Å². The molecule has 0 saturated heterocycles. The Hall–Kier alpha value is -0.842. The zero-order valence-electron chi connectivity index (χ0n) is 12.4. The van der Waals surface area contributed by atoms with Crippen molar-refractivity contribution in [3.63, 3.8) is 0 Å². The second kappa shape index (κ2) is 7.43. The molecule has 1 N–H and O–H groups in total. The summed E-state index contributed by atoms with van der Waals surface area (Å²) in [6.45, 7) is 5.53. The number of ether oxygens (including phenoxy) is 1. The molecule has 0 heterocycles. The molecule has 1 unspecified atom stereocenters. The molecular weight excluding hydrogens is 355 g/mol. The van der Waals surface area contributed by atoms with Crippen LogP contribution in [0.25, 0.3) is 0 Å². The molecule has 0 aliphatic carbocycles. The van der Waals surface area contributed by atoms with Crippen molar-refractivity contribution in [2.45, 2.75) is 39.2 Å². The van der Waals surface area contributed by atoms with E-state index in [0.29, 0.717) is 12.8 Å². The van der Waals surface area contributed by atoms with Crippen LogP contribution in [0.4, 0.5) is 4.79 Å². The molecule has 0 amide bonds.